The Kier molecular flexibility index (Phi) is 2.84. The molecule has 0 amide bonds. The van der Waals surface area contributed by atoms with Crippen molar-refractivity contribution in [1.82, 2.24) is 10.2 Å². The van der Waals surface area contributed by atoms with Crippen LogP contribution < -0.4 is 0 Å². The van der Waals surface area contributed by atoms with Crippen LogP contribution in [0.1, 0.15) is 16.8 Å². The maximum atomic E-state index is 5.80. The quantitative estimate of drug-likeness (QED) is 0.700. The van der Waals surface area contributed by atoms with Crippen molar-refractivity contribution < 1.29 is 0 Å². The van der Waals surface area contributed by atoms with Gasteiger partial charge in [0, 0.05) is 10.9 Å². The van der Waals surface area contributed by atoms with Crippen LogP contribution in [0.2, 0.25) is 5.15 Å². The van der Waals surface area contributed by atoms with Crippen LogP contribution in [-0.4, -0.2) is 10.2 Å². The maximum absolute atomic E-state index is 5.80. The van der Waals surface area contributed by atoms with Gasteiger partial charge in [-0.3, -0.25) is 0 Å². The minimum atomic E-state index is 0.491. The predicted octanol–water partition coefficient (Wildman–Crippen LogP) is 2.64. The first-order valence-corrected chi connectivity index (χ1v) is 4.71. The molecule has 0 fully saturated rings. The van der Waals surface area contributed by atoms with E-state index in [9.17, 15) is 0 Å². The lowest BCUT2D eigenvalue weighted by Gasteiger charge is -2.04. The molecule has 1 aromatic heterocycles. The summed E-state index contributed by atoms with van der Waals surface area (Å²) in [5, 5.41) is 8.90. The van der Waals surface area contributed by atoms with Gasteiger partial charge in [-0.1, -0.05) is 27.5 Å². The van der Waals surface area contributed by atoms with E-state index < -0.39 is 0 Å². The van der Waals surface area contributed by atoms with Crippen LogP contribution >= 0.6 is 27.5 Å². The third kappa shape index (κ3) is 1.71. The zero-order valence-corrected chi connectivity index (χ0v) is 8.70. The fourth-order valence-corrected chi connectivity index (χ4v) is 1.88. The maximum Gasteiger partial charge on any atom is 0.156 e. The summed E-state index contributed by atoms with van der Waals surface area (Å²) in [5.41, 5.74) is 3.07. The largest absolute Gasteiger partial charge is 0.156 e. The van der Waals surface area contributed by atoms with Crippen molar-refractivity contribution in [3.8, 4) is 0 Å². The number of nitrogens with zero attached hydrogens (tertiary/aromatic N) is 2. The van der Waals surface area contributed by atoms with Gasteiger partial charge >= 0.3 is 0 Å². The van der Waals surface area contributed by atoms with E-state index in [1.165, 1.54) is 0 Å². The van der Waals surface area contributed by atoms with Gasteiger partial charge in [-0.25, -0.2) is 0 Å². The normalized spacial score (nSPS) is 10.2. The Labute approximate surface area is 79.1 Å². The standard InChI is InChI=1S/C7H8BrClN2/c1-4-5(2)10-11-7(9)6(4)3-8/h3H2,1-2H3. The van der Waals surface area contributed by atoms with Crippen LogP contribution in [0.25, 0.3) is 0 Å². The van der Waals surface area contributed by atoms with Gasteiger partial charge in [0.25, 0.3) is 0 Å². The lowest BCUT2D eigenvalue weighted by Crippen LogP contribution is -1.97. The summed E-state index contributed by atoms with van der Waals surface area (Å²) < 4.78 is 0. The predicted molar refractivity (Wildman–Crippen MR) is 49.1 cm³/mol. The second kappa shape index (κ2) is 3.50. The lowest BCUT2D eigenvalue weighted by atomic mass is 10.1. The molecule has 0 N–H and O–H groups in total. The van der Waals surface area contributed by atoms with Crippen molar-refractivity contribution in [2.45, 2.75) is 19.2 Å². The molecule has 0 saturated carbocycles. The van der Waals surface area contributed by atoms with E-state index in [4.69, 9.17) is 11.6 Å². The zero-order valence-electron chi connectivity index (χ0n) is 6.36. The molecule has 0 radical (unpaired) electrons. The Morgan fingerprint density at radius 1 is 1.36 bits per heavy atom. The van der Waals surface area contributed by atoms with E-state index in [1.54, 1.807) is 0 Å². The fourth-order valence-electron chi connectivity index (χ4n) is 0.783. The summed E-state index contributed by atoms with van der Waals surface area (Å²) in [5.74, 6) is 0. The summed E-state index contributed by atoms with van der Waals surface area (Å²) in [6.07, 6.45) is 0. The van der Waals surface area contributed by atoms with Crippen molar-refractivity contribution in [2.24, 2.45) is 0 Å². The van der Waals surface area contributed by atoms with Crippen molar-refractivity contribution in [3.63, 3.8) is 0 Å². The number of hydrogen-bond donors (Lipinski definition) is 0. The first-order valence-electron chi connectivity index (χ1n) is 3.21. The molecule has 0 aliphatic rings. The number of halogens is 2. The molecule has 1 rings (SSSR count). The van der Waals surface area contributed by atoms with Gasteiger partial charge in [-0.05, 0) is 19.4 Å². The van der Waals surface area contributed by atoms with Crippen LogP contribution in [0.15, 0.2) is 0 Å². The van der Waals surface area contributed by atoms with Gasteiger partial charge in [0.1, 0.15) is 0 Å². The van der Waals surface area contributed by atoms with E-state index >= 15 is 0 Å². The number of rotatable bonds is 1. The molecule has 0 saturated heterocycles. The number of aromatic nitrogens is 2. The molecule has 1 heterocycles. The highest BCUT2D eigenvalue weighted by molar-refractivity contribution is 9.08. The highest BCUT2D eigenvalue weighted by Crippen LogP contribution is 2.20. The SMILES string of the molecule is Cc1nnc(Cl)c(CBr)c1C. The average molecular weight is 236 g/mol. The third-order valence-electron chi connectivity index (χ3n) is 1.67. The van der Waals surface area contributed by atoms with Crippen molar-refractivity contribution in [2.75, 3.05) is 0 Å². The molecule has 60 valence electrons. The minimum Gasteiger partial charge on any atom is -0.154 e. The average Bonchev–Trinajstić information content (AvgIpc) is 1.99. The molecular weight excluding hydrogens is 227 g/mol. The van der Waals surface area contributed by atoms with Crippen LogP contribution in [0.5, 0.6) is 0 Å². The molecule has 2 nitrogen and oxygen atoms in total. The highest BCUT2D eigenvalue weighted by atomic mass is 79.9. The van der Waals surface area contributed by atoms with Crippen LogP contribution in [-0.2, 0) is 5.33 Å². The van der Waals surface area contributed by atoms with Crippen molar-refractivity contribution in [1.29, 1.82) is 0 Å². The molecule has 0 bridgehead atoms. The smallest absolute Gasteiger partial charge is 0.154 e. The van der Waals surface area contributed by atoms with Crippen molar-refractivity contribution >= 4 is 27.5 Å². The zero-order chi connectivity index (χ0) is 8.43. The second-order valence-corrected chi connectivity index (χ2v) is 3.23. The Bertz CT molecular complexity index is 275. The van der Waals surface area contributed by atoms with E-state index in [1.807, 2.05) is 13.8 Å². The first kappa shape index (κ1) is 8.94. The lowest BCUT2D eigenvalue weighted by molar-refractivity contribution is 0.943. The summed E-state index contributed by atoms with van der Waals surface area (Å²) >= 11 is 9.14. The molecule has 11 heavy (non-hydrogen) atoms. The van der Waals surface area contributed by atoms with Gasteiger partial charge in [-0.2, -0.15) is 5.10 Å². The number of aryl methyl sites for hydroxylation is 1. The molecule has 0 aromatic carbocycles. The molecule has 0 aliphatic carbocycles. The topological polar surface area (TPSA) is 25.8 Å². The van der Waals surface area contributed by atoms with Gasteiger partial charge in [-0.15, -0.1) is 5.10 Å². The van der Waals surface area contributed by atoms with Gasteiger partial charge in [0.15, 0.2) is 5.15 Å². The van der Waals surface area contributed by atoms with Gasteiger partial charge in [0.2, 0.25) is 0 Å². The van der Waals surface area contributed by atoms with Crippen molar-refractivity contribution in [3.05, 3.63) is 22.0 Å². The first-order chi connectivity index (χ1) is 5.16. The van der Waals surface area contributed by atoms with Gasteiger partial charge in [0.05, 0.1) is 5.69 Å². The minimum absolute atomic E-state index is 0.491. The number of alkyl halides is 1. The summed E-state index contributed by atoms with van der Waals surface area (Å²) in [4.78, 5) is 0. The number of hydrogen-bond acceptors (Lipinski definition) is 2. The summed E-state index contributed by atoms with van der Waals surface area (Å²) in [6, 6.07) is 0. The van der Waals surface area contributed by atoms with Crippen LogP contribution in [0.3, 0.4) is 0 Å². The molecule has 0 aliphatic heterocycles. The Hall–Kier alpha value is -0.150. The van der Waals surface area contributed by atoms with Crippen LogP contribution in [0, 0.1) is 13.8 Å². The summed E-state index contributed by atoms with van der Waals surface area (Å²) in [7, 11) is 0. The Morgan fingerprint density at radius 2 is 2.00 bits per heavy atom. The summed E-state index contributed by atoms with van der Waals surface area (Å²) in [6.45, 7) is 3.91. The molecule has 0 spiro atoms. The Morgan fingerprint density at radius 3 is 2.45 bits per heavy atom. The molecule has 0 unspecified atom stereocenters. The Balaban J connectivity index is 3.29. The van der Waals surface area contributed by atoms with E-state index in [0.29, 0.717) is 5.15 Å². The van der Waals surface area contributed by atoms with E-state index in [-0.39, 0.29) is 0 Å². The molecule has 0 atom stereocenters. The van der Waals surface area contributed by atoms with E-state index in [2.05, 4.69) is 26.1 Å². The third-order valence-corrected chi connectivity index (χ3v) is 2.53. The second-order valence-electron chi connectivity index (χ2n) is 2.31. The molecule has 4 heteroatoms. The highest BCUT2D eigenvalue weighted by Gasteiger charge is 2.06. The molecular formula is C7H8BrClN2. The van der Waals surface area contributed by atoms with Crippen LogP contribution in [0.4, 0.5) is 0 Å². The fraction of sp³-hybridized carbons (Fsp3) is 0.429. The van der Waals surface area contributed by atoms with Gasteiger partial charge < -0.3 is 0 Å². The monoisotopic (exact) mass is 234 g/mol. The van der Waals surface area contributed by atoms with E-state index in [0.717, 1.165) is 22.2 Å². The molecule has 1 aromatic rings.